The molecule has 2 heterocycles. The van der Waals surface area contributed by atoms with E-state index in [1.165, 1.54) is 6.07 Å². The Hall–Kier alpha value is -2.53. The molecule has 5 nitrogen and oxygen atoms in total. The number of hydrogen-bond donors (Lipinski definition) is 1. The summed E-state index contributed by atoms with van der Waals surface area (Å²) >= 11 is 0. The van der Waals surface area contributed by atoms with E-state index in [0.717, 1.165) is 16.7 Å². The van der Waals surface area contributed by atoms with Gasteiger partial charge in [-0.15, -0.1) is 0 Å². The standard InChI is InChI=1S/C15H12O5/c16-15(17)14-7-11-6-10(3-4-13(11)20-14)8-18-9-12-2-1-5-19-12/h1-7H,8-9H2,(H,16,17). The maximum Gasteiger partial charge on any atom is 0.371 e. The van der Waals surface area contributed by atoms with Crippen molar-refractivity contribution in [2.24, 2.45) is 0 Å². The monoisotopic (exact) mass is 272 g/mol. The Morgan fingerprint density at radius 2 is 2.10 bits per heavy atom. The lowest BCUT2D eigenvalue weighted by Crippen LogP contribution is -1.92. The first-order chi connectivity index (χ1) is 9.72. The number of fused-ring (bicyclic) bond motifs is 1. The summed E-state index contributed by atoms with van der Waals surface area (Å²) in [7, 11) is 0. The van der Waals surface area contributed by atoms with Crippen LogP contribution in [-0.4, -0.2) is 11.1 Å². The van der Waals surface area contributed by atoms with Crippen molar-refractivity contribution in [1.29, 1.82) is 0 Å². The highest BCUT2D eigenvalue weighted by Gasteiger charge is 2.10. The first-order valence-corrected chi connectivity index (χ1v) is 6.08. The zero-order valence-corrected chi connectivity index (χ0v) is 10.5. The van der Waals surface area contributed by atoms with E-state index in [-0.39, 0.29) is 5.76 Å². The zero-order valence-electron chi connectivity index (χ0n) is 10.5. The fourth-order valence-corrected chi connectivity index (χ4v) is 1.95. The van der Waals surface area contributed by atoms with Gasteiger partial charge >= 0.3 is 5.97 Å². The van der Waals surface area contributed by atoms with E-state index in [1.54, 1.807) is 12.3 Å². The largest absolute Gasteiger partial charge is 0.475 e. The van der Waals surface area contributed by atoms with E-state index in [1.807, 2.05) is 24.3 Å². The van der Waals surface area contributed by atoms with Gasteiger partial charge in [-0.25, -0.2) is 4.79 Å². The molecule has 0 unspecified atom stereocenters. The van der Waals surface area contributed by atoms with Gasteiger partial charge in [0.2, 0.25) is 5.76 Å². The predicted octanol–water partition coefficient (Wildman–Crippen LogP) is 3.44. The smallest absolute Gasteiger partial charge is 0.371 e. The second-order valence-corrected chi connectivity index (χ2v) is 4.36. The third kappa shape index (κ3) is 2.57. The summed E-state index contributed by atoms with van der Waals surface area (Å²) < 4.78 is 15.9. The van der Waals surface area contributed by atoms with Crippen molar-refractivity contribution in [3.05, 3.63) is 59.7 Å². The molecule has 0 aliphatic rings. The number of benzene rings is 1. The topological polar surface area (TPSA) is 72.8 Å². The van der Waals surface area contributed by atoms with E-state index in [2.05, 4.69) is 0 Å². The molecule has 1 N–H and O–H groups in total. The van der Waals surface area contributed by atoms with Crippen LogP contribution in [0.2, 0.25) is 0 Å². The Morgan fingerprint density at radius 1 is 1.20 bits per heavy atom. The minimum Gasteiger partial charge on any atom is -0.475 e. The quantitative estimate of drug-likeness (QED) is 0.770. The molecule has 0 aliphatic carbocycles. The van der Waals surface area contributed by atoms with Gasteiger partial charge in [0.05, 0.1) is 12.9 Å². The summed E-state index contributed by atoms with van der Waals surface area (Å²) in [6, 6.07) is 10.6. The summed E-state index contributed by atoms with van der Waals surface area (Å²) in [4.78, 5) is 10.8. The van der Waals surface area contributed by atoms with Gasteiger partial charge in [-0.2, -0.15) is 0 Å². The Kier molecular flexibility index (Phi) is 3.26. The molecule has 102 valence electrons. The number of ether oxygens (including phenoxy) is 1. The third-order valence-electron chi connectivity index (χ3n) is 2.88. The van der Waals surface area contributed by atoms with Gasteiger partial charge < -0.3 is 18.7 Å². The number of hydrogen-bond acceptors (Lipinski definition) is 4. The van der Waals surface area contributed by atoms with Crippen LogP contribution in [0.3, 0.4) is 0 Å². The molecule has 0 radical (unpaired) electrons. The van der Waals surface area contributed by atoms with Gasteiger partial charge in [-0.1, -0.05) is 6.07 Å². The number of carbonyl (C=O) groups is 1. The van der Waals surface area contributed by atoms with Crippen LogP contribution in [0.1, 0.15) is 21.9 Å². The van der Waals surface area contributed by atoms with E-state index < -0.39 is 5.97 Å². The highest BCUT2D eigenvalue weighted by molar-refractivity contribution is 5.91. The number of rotatable bonds is 5. The summed E-state index contributed by atoms with van der Waals surface area (Å²) in [5.74, 6) is -0.368. The lowest BCUT2D eigenvalue weighted by Gasteiger charge is -2.02. The van der Waals surface area contributed by atoms with Crippen LogP contribution in [0.25, 0.3) is 11.0 Å². The summed E-state index contributed by atoms with van der Waals surface area (Å²) in [5, 5.41) is 9.62. The number of furan rings is 2. The minimum atomic E-state index is -1.07. The van der Waals surface area contributed by atoms with E-state index in [4.69, 9.17) is 18.7 Å². The molecule has 0 bridgehead atoms. The fraction of sp³-hybridized carbons (Fsp3) is 0.133. The maximum absolute atomic E-state index is 10.8. The molecular weight excluding hydrogens is 260 g/mol. The van der Waals surface area contributed by atoms with Gasteiger partial charge in [0, 0.05) is 5.39 Å². The van der Waals surface area contributed by atoms with Gasteiger partial charge in [0.15, 0.2) is 0 Å². The van der Waals surface area contributed by atoms with Crippen molar-refractivity contribution in [3.8, 4) is 0 Å². The first kappa shape index (κ1) is 12.5. The van der Waals surface area contributed by atoms with Crippen LogP contribution < -0.4 is 0 Å². The molecule has 2 aromatic heterocycles. The van der Waals surface area contributed by atoms with Crippen LogP contribution in [0.4, 0.5) is 0 Å². The van der Waals surface area contributed by atoms with Crippen molar-refractivity contribution >= 4 is 16.9 Å². The molecule has 5 heteroatoms. The average molecular weight is 272 g/mol. The molecule has 0 fully saturated rings. The minimum absolute atomic E-state index is 0.0614. The molecule has 20 heavy (non-hydrogen) atoms. The molecule has 0 atom stereocenters. The molecule has 1 aromatic carbocycles. The summed E-state index contributed by atoms with van der Waals surface area (Å²) in [6.45, 7) is 0.820. The van der Waals surface area contributed by atoms with Crippen molar-refractivity contribution in [2.45, 2.75) is 13.2 Å². The first-order valence-electron chi connectivity index (χ1n) is 6.08. The molecule has 3 aromatic rings. The number of carboxylic acid groups (broad SMARTS) is 1. The molecule has 0 aliphatic heterocycles. The molecule has 3 rings (SSSR count). The lowest BCUT2D eigenvalue weighted by molar-refractivity contribution is 0.0665. The summed E-state index contributed by atoms with van der Waals surface area (Å²) in [5.41, 5.74) is 1.50. The lowest BCUT2D eigenvalue weighted by atomic mass is 10.2. The van der Waals surface area contributed by atoms with E-state index >= 15 is 0 Å². The van der Waals surface area contributed by atoms with Crippen molar-refractivity contribution in [2.75, 3.05) is 0 Å². The maximum atomic E-state index is 10.8. The van der Waals surface area contributed by atoms with Gasteiger partial charge in [0.1, 0.15) is 18.0 Å². The highest BCUT2D eigenvalue weighted by Crippen LogP contribution is 2.21. The normalized spacial score (nSPS) is 11.0. The van der Waals surface area contributed by atoms with Crippen molar-refractivity contribution in [1.82, 2.24) is 0 Å². The van der Waals surface area contributed by atoms with Crippen LogP contribution in [0.5, 0.6) is 0 Å². The van der Waals surface area contributed by atoms with Crippen molar-refractivity contribution < 1.29 is 23.5 Å². The zero-order chi connectivity index (χ0) is 13.9. The Labute approximate surface area is 114 Å². The molecule has 0 amide bonds. The van der Waals surface area contributed by atoms with Crippen LogP contribution >= 0.6 is 0 Å². The molecule has 0 saturated heterocycles. The van der Waals surface area contributed by atoms with Crippen LogP contribution in [0, 0.1) is 0 Å². The van der Waals surface area contributed by atoms with Crippen LogP contribution in [0.15, 0.2) is 51.5 Å². The average Bonchev–Trinajstić information content (AvgIpc) is 3.06. The van der Waals surface area contributed by atoms with E-state index in [9.17, 15) is 4.79 Å². The van der Waals surface area contributed by atoms with Gasteiger partial charge in [-0.05, 0) is 35.9 Å². The highest BCUT2D eigenvalue weighted by atomic mass is 16.5. The predicted molar refractivity (Wildman–Crippen MR) is 70.4 cm³/mol. The van der Waals surface area contributed by atoms with Gasteiger partial charge in [0.25, 0.3) is 0 Å². The molecule has 0 saturated carbocycles. The number of aromatic carboxylic acids is 1. The Bertz CT molecular complexity index is 724. The third-order valence-corrected chi connectivity index (χ3v) is 2.88. The molecule has 0 spiro atoms. The number of carboxylic acids is 1. The van der Waals surface area contributed by atoms with Crippen LogP contribution in [-0.2, 0) is 18.0 Å². The Morgan fingerprint density at radius 3 is 2.85 bits per heavy atom. The summed E-state index contributed by atoms with van der Waals surface area (Å²) in [6.07, 6.45) is 1.60. The van der Waals surface area contributed by atoms with Gasteiger partial charge in [-0.3, -0.25) is 0 Å². The Balaban J connectivity index is 1.70. The van der Waals surface area contributed by atoms with Crippen molar-refractivity contribution in [3.63, 3.8) is 0 Å². The second-order valence-electron chi connectivity index (χ2n) is 4.36. The van der Waals surface area contributed by atoms with E-state index in [0.29, 0.717) is 18.8 Å². The molecular formula is C15H12O5. The fourth-order valence-electron chi connectivity index (χ4n) is 1.95. The SMILES string of the molecule is O=C(O)c1cc2cc(COCc3ccco3)ccc2o1. The second kappa shape index (κ2) is 5.22.